The Hall–Kier alpha value is -1.55. The van der Waals surface area contributed by atoms with Gasteiger partial charge in [-0.25, -0.2) is 4.79 Å². The van der Waals surface area contributed by atoms with E-state index >= 15 is 0 Å². The lowest BCUT2D eigenvalue weighted by Crippen LogP contribution is -2.46. The molecule has 0 spiro atoms. The number of urea groups is 1. The average molecular weight is 218 g/mol. The molecule has 2 heterocycles. The zero-order valence-corrected chi connectivity index (χ0v) is 8.97. The van der Waals surface area contributed by atoms with E-state index in [1.807, 2.05) is 30.3 Å². The zero-order valence-electron chi connectivity index (χ0n) is 8.97. The second kappa shape index (κ2) is 3.22. The first-order chi connectivity index (χ1) is 7.72. The van der Waals surface area contributed by atoms with Crippen LogP contribution < -0.4 is 0 Å². The number of nitrogens with zero attached hydrogens (tertiary/aromatic N) is 2. The average Bonchev–Trinajstić information content (AvgIpc) is 2.49. The molecule has 2 fully saturated rings. The molecule has 1 aromatic carbocycles. The smallest absolute Gasteiger partial charge is 0.322 e. The number of aliphatic hydroxyl groups is 1. The highest BCUT2D eigenvalue weighted by Crippen LogP contribution is 2.36. The van der Waals surface area contributed by atoms with Gasteiger partial charge in [0.05, 0.1) is 6.54 Å². The second-order valence-corrected chi connectivity index (χ2v) is 4.39. The third-order valence-corrected chi connectivity index (χ3v) is 3.41. The molecule has 2 aliphatic heterocycles. The molecule has 1 aromatic rings. The number of hydrogen-bond acceptors (Lipinski definition) is 2. The molecule has 16 heavy (non-hydrogen) atoms. The molecule has 4 nitrogen and oxygen atoms in total. The minimum Gasteiger partial charge on any atom is -0.365 e. The lowest BCUT2D eigenvalue weighted by molar-refractivity contribution is -0.0579. The summed E-state index contributed by atoms with van der Waals surface area (Å²) in [6.07, 6.45) is 0.931. The zero-order chi connectivity index (χ0) is 11.2. The maximum Gasteiger partial charge on any atom is 0.322 e. The van der Waals surface area contributed by atoms with Gasteiger partial charge in [0.1, 0.15) is 0 Å². The van der Waals surface area contributed by atoms with Gasteiger partial charge < -0.3 is 10.0 Å². The summed E-state index contributed by atoms with van der Waals surface area (Å²) in [4.78, 5) is 15.2. The van der Waals surface area contributed by atoms with Gasteiger partial charge in [-0.3, -0.25) is 4.90 Å². The summed E-state index contributed by atoms with van der Waals surface area (Å²) in [5.41, 5.74) is -0.331. The summed E-state index contributed by atoms with van der Waals surface area (Å²) in [6.45, 7) is 1.78. The van der Waals surface area contributed by atoms with E-state index < -0.39 is 5.72 Å². The number of carbonyl (C=O) groups is 1. The van der Waals surface area contributed by atoms with E-state index in [0.717, 1.165) is 18.5 Å². The van der Waals surface area contributed by atoms with E-state index in [1.54, 1.807) is 9.80 Å². The standard InChI is InChI=1S/C12H14N2O2/c15-11-13-7-4-8-14(11)12(16,9-13)10-5-2-1-3-6-10/h1-3,5-6,16H,4,7-9H2. The van der Waals surface area contributed by atoms with Crippen molar-refractivity contribution in [2.45, 2.75) is 12.1 Å². The number of hydrogen-bond donors (Lipinski definition) is 1. The van der Waals surface area contributed by atoms with Gasteiger partial charge in [-0.1, -0.05) is 30.3 Å². The summed E-state index contributed by atoms with van der Waals surface area (Å²) < 4.78 is 0. The van der Waals surface area contributed by atoms with Crippen LogP contribution in [0, 0.1) is 0 Å². The minimum absolute atomic E-state index is 0.0439. The van der Waals surface area contributed by atoms with Crippen molar-refractivity contribution in [3.8, 4) is 0 Å². The van der Waals surface area contributed by atoms with Crippen LogP contribution in [-0.2, 0) is 5.72 Å². The van der Waals surface area contributed by atoms with Crippen molar-refractivity contribution in [1.82, 2.24) is 9.80 Å². The maximum absolute atomic E-state index is 11.9. The van der Waals surface area contributed by atoms with Crippen molar-refractivity contribution >= 4 is 6.03 Å². The van der Waals surface area contributed by atoms with E-state index in [9.17, 15) is 9.90 Å². The Bertz CT molecular complexity index is 420. The monoisotopic (exact) mass is 218 g/mol. The van der Waals surface area contributed by atoms with Crippen LogP contribution in [0.4, 0.5) is 4.79 Å². The largest absolute Gasteiger partial charge is 0.365 e. The van der Waals surface area contributed by atoms with Gasteiger partial charge in [0, 0.05) is 18.7 Å². The molecule has 2 amide bonds. The Morgan fingerprint density at radius 2 is 1.94 bits per heavy atom. The van der Waals surface area contributed by atoms with Crippen LogP contribution in [0.2, 0.25) is 0 Å². The summed E-state index contributed by atoms with van der Waals surface area (Å²) in [7, 11) is 0. The van der Waals surface area contributed by atoms with Crippen molar-refractivity contribution < 1.29 is 9.90 Å². The van der Waals surface area contributed by atoms with Gasteiger partial charge in [0.2, 0.25) is 0 Å². The summed E-state index contributed by atoms with van der Waals surface area (Å²) in [6, 6.07) is 9.38. The van der Waals surface area contributed by atoms with Gasteiger partial charge >= 0.3 is 6.03 Å². The number of amides is 2. The first-order valence-corrected chi connectivity index (χ1v) is 5.56. The fourth-order valence-corrected chi connectivity index (χ4v) is 2.58. The van der Waals surface area contributed by atoms with E-state index in [1.165, 1.54) is 0 Å². The Morgan fingerprint density at radius 1 is 1.19 bits per heavy atom. The molecule has 3 rings (SSSR count). The van der Waals surface area contributed by atoms with Crippen LogP contribution in [-0.4, -0.2) is 40.6 Å². The highest BCUT2D eigenvalue weighted by Gasteiger charge is 2.51. The van der Waals surface area contributed by atoms with Crippen LogP contribution in [0.1, 0.15) is 12.0 Å². The normalized spacial score (nSPS) is 28.7. The third kappa shape index (κ3) is 1.16. The molecule has 2 aliphatic rings. The Kier molecular flexibility index (Phi) is 1.94. The molecule has 1 unspecified atom stereocenters. The summed E-state index contributed by atoms with van der Waals surface area (Å²) in [5.74, 6) is 0. The Labute approximate surface area is 94.1 Å². The maximum atomic E-state index is 11.9. The van der Waals surface area contributed by atoms with Gasteiger partial charge in [0.25, 0.3) is 0 Å². The van der Waals surface area contributed by atoms with Gasteiger partial charge in [-0.2, -0.15) is 0 Å². The molecule has 1 N–H and O–H groups in total. The van der Waals surface area contributed by atoms with E-state index in [4.69, 9.17) is 0 Å². The number of carbonyl (C=O) groups excluding carboxylic acids is 1. The van der Waals surface area contributed by atoms with Crippen molar-refractivity contribution in [3.63, 3.8) is 0 Å². The van der Waals surface area contributed by atoms with Crippen molar-refractivity contribution in [3.05, 3.63) is 35.9 Å². The van der Waals surface area contributed by atoms with Crippen LogP contribution in [0.3, 0.4) is 0 Å². The molecular weight excluding hydrogens is 204 g/mol. The molecule has 0 aliphatic carbocycles. The van der Waals surface area contributed by atoms with Crippen molar-refractivity contribution in [2.75, 3.05) is 19.6 Å². The molecule has 0 radical (unpaired) electrons. The van der Waals surface area contributed by atoms with Crippen LogP contribution >= 0.6 is 0 Å². The SMILES string of the molecule is O=C1N2CCCN1C(O)(c1ccccc1)C2. The second-order valence-electron chi connectivity index (χ2n) is 4.39. The molecule has 84 valence electrons. The third-order valence-electron chi connectivity index (χ3n) is 3.41. The predicted octanol–water partition coefficient (Wildman–Crippen LogP) is 0.973. The quantitative estimate of drug-likeness (QED) is 0.763. The molecular formula is C12H14N2O2. The lowest BCUT2D eigenvalue weighted by Gasteiger charge is -2.32. The minimum atomic E-state index is -1.13. The molecule has 0 saturated carbocycles. The van der Waals surface area contributed by atoms with Gasteiger partial charge in [-0.05, 0) is 6.42 Å². The highest BCUT2D eigenvalue weighted by atomic mass is 16.3. The Morgan fingerprint density at radius 3 is 2.62 bits per heavy atom. The van der Waals surface area contributed by atoms with E-state index in [-0.39, 0.29) is 6.03 Å². The van der Waals surface area contributed by atoms with E-state index in [0.29, 0.717) is 13.1 Å². The summed E-state index contributed by atoms with van der Waals surface area (Å²) >= 11 is 0. The predicted molar refractivity (Wildman–Crippen MR) is 58.6 cm³/mol. The fourth-order valence-electron chi connectivity index (χ4n) is 2.58. The lowest BCUT2D eigenvalue weighted by atomic mass is 10.0. The first-order valence-electron chi connectivity index (χ1n) is 5.56. The molecule has 1 atom stereocenters. The summed E-state index contributed by atoms with van der Waals surface area (Å²) in [5, 5.41) is 10.7. The van der Waals surface area contributed by atoms with Crippen molar-refractivity contribution in [1.29, 1.82) is 0 Å². The molecule has 0 aromatic heterocycles. The fraction of sp³-hybridized carbons (Fsp3) is 0.417. The highest BCUT2D eigenvalue weighted by molar-refractivity contribution is 5.78. The number of fused-ring (bicyclic) bond motifs is 2. The van der Waals surface area contributed by atoms with Crippen molar-refractivity contribution in [2.24, 2.45) is 0 Å². The van der Waals surface area contributed by atoms with Crippen LogP contribution in [0.5, 0.6) is 0 Å². The van der Waals surface area contributed by atoms with Crippen LogP contribution in [0.15, 0.2) is 30.3 Å². The van der Waals surface area contributed by atoms with Gasteiger partial charge in [0.15, 0.2) is 5.72 Å². The van der Waals surface area contributed by atoms with Gasteiger partial charge in [-0.15, -0.1) is 0 Å². The van der Waals surface area contributed by atoms with E-state index in [2.05, 4.69) is 0 Å². The topological polar surface area (TPSA) is 43.8 Å². The molecule has 2 bridgehead atoms. The molecule has 2 saturated heterocycles. The Balaban J connectivity index is 2.03. The number of rotatable bonds is 1. The number of benzene rings is 1. The van der Waals surface area contributed by atoms with Crippen LogP contribution in [0.25, 0.3) is 0 Å². The molecule has 4 heteroatoms. The first kappa shape index (κ1) is 9.66.